The van der Waals surface area contributed by atoms with E-state index < -0.39 is 0 Å². The quantitative estimate of drug-likeness (QED) is 0.930. The summed E-state index contributed by atoms with van der Waals surface area (Å²) in [7, 11) is 3.20. The minimum absolute atomic E-state index is 0.0229. The van der Waals surface area contributed by atoms with Gasteiger partial charge in [0.05, 0.1) is 7.11 Å². The lowest BCUT2D eigenvalue weighted by atomic mass is 10.1. The molecule has 0 aliphatic heterocycles. The van der Waals surface area contributed by atoms with E-state index in [0.29, 0.717) is 17.9 Å². The van der Waals surface area contributed by atoms with Crippen molar-refractivity contribution in [1.82, 2.24) is 4.90 Å². The van der Waals surface area contributed by atoms with Crippen molar-refractivity contribution in [2.24, 2.45) is 0 Å². The molecule has 0 aliphatic carbocycles. The van der Waals surface area contributed by atoms with Crippen LogP contribution in [0.3, 0.4) is 0 Å². The Morgan fingerprint density at radius 3 is 2.55 bits per heavy atom. The van der Waals surface area contributed by atoms with Crippen LogP contribution in [-0.2, 0) is 6.54 Å². The molecule has 0 spiro atoms. The van der Waals surface area contributed by atoms with E-state index in [0.717, 1.165) is 5.56 Å². The molecular formula is C16H17NO3. The lowest BCUT2D eigenvalue weighted by molar-refractivity contribution is 0.0784. The van der Waals surface area contributed by atoms with E-state index in [-0.39, 0.29) is 11.7 Å². The van der Waals surface area contributed by atoms with Gasteiger partial charge in [-0.1, -0.05) is 30.3 Å². The molecular weight excluding hydrogens is 254 g/mol. The molecule has 4 nitrogen and oxygen atoms in total. The predicted molar refractivity (Wildman–Crippen MR) is 76.9 cm³/mol. The van der Waals surface area contributed by atoms with Crippen molar-refractivity contribution < 1.29 is 14.6 Å². The van der Waals surface area contributed by atoms with Crippen LogP contribution in [0.25, 0.3) is 0 Å². The largest absolute Gasteiger partial charge is 0.504 e. The number of carbonyl (C=O) groups is 1. The first-order valence-corrected chi connectivity index (χ1v) is 6.28. The van der Waals surface area contributed by atoms with E-state index in [1.165, 1.54) is 13.2 Å². The first-order chi connectivity index (χ1) is 9.61. The fourth-order valence-corrected chi connectivity index (χ4v) is 1.96. The van der Waals surface area contributed by atoms with Gasteiger partial charge in [-0.25, -0.2) is 0 Å². The van der Waals surface area contributed by atoms with Crippen LogP contribution in [-0.4, -0.2) is 30.1 Å². The second-order valence-electron chi connectivity index (χ2n) is 4.53. The maximum Gasteiger partial charge on any atom is 0.254 e. The number of phenols is 1. The monoisotopic (exact) mass is 271 g/mol. The summed E-state index contributed by atoms with van der Waals surface area (Å²) < 4.78 is 5.01. The zero-order valence-corrected chi connectivity index (χ0v) is 11.5. The number of nitrogens with zero attached hydrogens (tertiary/aromatic N) is 1. The van der Waals surface area contributed by atoms with Crippen molar-refractivity contribution in [2.45, 2.75) is 6.54 Å². The normalized spacial score (nSPS) is 10.1. The van der Waals surface area contributed by atoms with Gasteiger partial charge in [0.25, 0.3) is 5.91 Å². The average molecular weight is 271 g/mol. The van der Waals surface area contributed by atoms with E-state index in [1.807, 2.05) is 30.3 Å². The molecule has 2 rings (SSSR count). The molecule has 104 valence electrons. The molecule has 0 saturated carbocycles. The molecule has 0 bridgehead atoms. The Balaban J connectivity index is 2.14. The molecule has 0 heterocycles. The Labute approximate surface area is 118 Å². The van der Waals surface area contributed by atoms with E-state index in [2.05, 4.69) is 0 Å². The second-order valence-corrected chi connectivity index (χ2v) is 4.53. The number of phenolic OH excluding ortho intramolecular Hbond substituents is 1. The molecule has 0 fully saturated rings. The zero-order valence-electron chi connectivity index (χ0n) is 11.5. The molecule has 2 aromatic rings. The Morgan fingerprint density at radius 1 is 1.20 bits per heavy atom. The van der Waals surface area contributed by atoms with Crippen molar-refractivity contribution >= 4 is 5.91 Å². The fraction of sp³-hybridized carbons (Fsp3) is 0.188. The summed E-state index contributed by atoms with van der Waals surface area (Å²) in [6.45, 7) is 0.531. The lowest BCUT2D eigenvalue weighted by Crippen LogP contribution is -2.26. The van der Waals surface area contributed by atoms with Gasteiger partial charge < -0.3 is 14.7 Å². The van der Waals surface area contributed by atoms with E-state index >= 15 is 0 Å². The van der Waals surface area contributed by atoms with Gasteiger partial charge in [0.1, 0.15) is 0 Å². The second kappa shape index (κ2) is 6.10. The number of hydrogen-bond donors (Lipinski definition) is 1. The lowest BCUT2D eigenvalue weighted by Gasteiger charge is -2.18. The van der Waals surface area contributed by atoms with Gasteiger partial charge in [0, 0.05) is 19.2 Å². The number of aromatic hydroxyl groups is 1. The zero-order chi connectivity index (χ0) is 14.5. The Hall–Kier alpha value is -2.49. The number of amides is 1. The average Bonchev–Trinajstić information content (AvgIpc) is 2.48. The highest BCUT2D eigenvalue weighted by molar-refractivity contribution is 5.94. The molecule has 4 heteroatoms. The third kappa shape index (κ3) is 3.09. The minimum atomic E-state index is -0.118. The summed E-state index contributed by atoms with van der Waals surface area (Å²) >= 11 is 0. The summed E-state index contributed by atoms with van der Waals surface area (Å²) in [6, 6.07) is 14.4. The highest BCUT2D eigenvalue weighted by atomic mass is 16.5. The SMILES string of the molecule is COc1cc(C(=O)N(C)Cc2ccccc2)ccc1O. The van der Waals surface area contributed by atoms with Crippen LogP contribution in [0.4, 0.5) is 0 Å². The minimum Gasteiger partial charge on any atom is -0.504 e. The number of ether oxygens (including phenoxy) is 1. The first-order valence-electron chi connectivity index (χ1n) is 6.28. The topological polar surface area (TPSA) is 49.8 Å². The fourth-order valence-electron chi connectivity index (χ4n) is 1.96. The van der Waals surface area contributed by atoms with Crippen LogP contribution >= 0.6 is 0 Å². The van der Waals surface area contributed by atoms with Gasteiger partial charge in [-0.15, -0.1) is 0 Å². The summed E-state index contributed by atoms with van der Waals surface area (Å²) in [5.41, 5.74) is 1.55. The van der Waals surface area contributed by atoms with Crippen LogP contribution in [0.1, 0.15) is 15.9 Å². The van der Waals surface area contributed by atoms with Crippen molar-refractivity contribution in [1.29, 1.82) is 0 Å². The Kier molecular flexibility index (Phi) is 4.25. The summed E-state index contributed by atoms with van der Waals surface area (Å²) in [5.74, 6) is 0.200. The van der Waals surface area contributed by atoms with E-state index in [9.17, 15) is 9.90 Å². The number of benzene rings is 2. The third-order valence-electron chi connectivity index (χ3n) is 3.04. The van der Waals surface area contributed by atoms with Gasteiger partial charge >= 0.3 is 0 Å². The van der Waals surface area contributed by atoms with Crippen molar-refractivity contribution in [3.05, 3.63) is 59.7 Å². The molecule has 0 radical (unpaired) electrons. The van der Waals surface area contributed by atoms with Crippen LogP contribution in [0.5, 0.6) is 11.5 Å². The molecule has 1 N–H and O–H groups in total. The number of methoxy groups -OCH3 is 1. The molecule has 2 aromatic carbocycles. The third-order valence-corrected chi connectivity index (χ3v) is 3.04. The smallest absolute Gasteiger partial charge is 0.254 e. The van der Waals surface area contributed by atoms with Gasteiger partial charge in [0.15, 0.2) is 11.5 Å². The highest BCUT2D eigenvalue weighted by Gasteiger charge is 2.14. The summed E-state index contributed by atoms with van der Waals surface area (Å²) in [6.07, 6.45) is 0. The molecule has 0 saturated heterocycles. The standard InChI is InChI=1S/C16H17NO3/c1-17(11-12-6-4-3-5-7-12)16(19)13-8-9-14(18)15(10-13)20-2/h3-10,18H,11H2,1-2H3. The maximum absolute atomic E-state index is 12.3. The maximum atomic E-state index is 12.3. The van der Waals surface area contributed by atoms with E-state index in [1.54, 1.807) is 24.1 Å². The summed E-state index contributed by atoms with van der Waals surface area (Å²) in [4.78, 5) is 13.9. The van der Waals surface area contributed by atoms with Crippen LogP contribution < -0.4 is 4.74 Å². The van der Waals surface area contributed by atoms with Gasteiger partial charge in [-0.2, -0.15) is 0 Å². The molecule has 0 unspecified atom stereocenters. The number of carbonyl (C=O) groups excluding carboxylic acids is 1. The van der Waals surface area contributed by atoms with Crippen molar-refractivity contribution in [3.63, 3.8) is 0 Å². The van der Waals surface area contributed by atoms with Gasteiger partial charge in [-0.05, 0) is 23.8 Å². The Morgan fingerprint density at radius 2 is 1.90 bits per heavy atom. The molecule has 20 heavy (non-hydrogen) atoms. The van der Waals surface area contributed by atoms with Crippen molar-refractivity contribution in [2.75, 3.05) is 14.2 Å². The molecule has 0 aromatic heterocycles. The molecule has 0 aliphatic rings. The molecule has 0 atom stereocenters. The molecule has 1 amide bonds. The van der Waals surface area contributed by atoms with Gasteiger partial charge in [0.2, 0.25) is 0 Å². The Bertz CT molecular complexity index is 596. The predicted octanol–water partition coefficient (Wildman–Crippen LogP) is 2.67. The summed E-state index contributed by atoms with van der Waals surface area (Å²) in [5, 5.41) is 9.54. The van der Waals surface area contributed by atoms with Crippen molar-refractivity contribution in [3.8, 4) is 11.5 Å². The first kappa shape index (κ1) is 13.9. The number of rotatable bonds is 4. The van der Waals surface area contributed by atoms with Crippen LogP contribution in [0, 0.1) is 0 Å². The van der Waals surface area contributed by atoms with Crippen LogP contribution in [0.15, 0.2) is 48.5 Å². The van der Waals surface area contributed by atoms with Crippen LogP contribution in [0.2, 0.25) is 0 Å². The van der Waals surface area contributed by atoms with Gasteiger partial charge in [-0.3, -0.25) is 4.79 Å². The van der Waals surface area contributed by atoms with E-state index in [4.69, 9.17) is 4.74 Å². The highest BCUT2D eigenvalue weighted by Crippen LogP contribution is 2.26. The number of hydrogen-bond acceptors (Lipinski definition) is 3.